The smallest absolute Gasteiger partial charge is 0.401 e. The molecule has 5 atom stereocenters. The zero-order chi connectivity index (χ0) is 29.5. The van der Waals surface area contributed by atoms with Crippen molar-refractivity contribution >= 4 is 17.5 Å². The summed E-state index contributed by atoms with van der Waals surface area (Å²) in [4.78, 5) is 39.9. The lowest BCUT2D eigenvalue weighted by atomic mass is 9.59. The Balaban J connectivity index is 1.64. The molecule has 1 fully saturated rings. The molecular formula is C26H28F3N3O8. The van der Waals surface area contributed by atoms with Gasteiger partial charge >= 0.3 is 6.18 Å². The number of hydrogen-bond donors (Lipinski definition) is 6. The van der Waals surface area contributed by atoms with Gasteiger partial charge in [0.15, 0.2) is 11.4 Å². The second kappa shape index (κ2) is 9.21. The van der Waals surface area contributed by atoms with Gasteiger partial charge in [0.05, 0.1) is 25.3 Å². The number of carbonyl (C=O) groups is 3. The highest BCUT2D eigenvalue weighted by atomic mass is 19.4. The van der Waals surface area contributed by atoms with E-state index in [4.69, 9.17) is 16.2 Å². The normalized spacial score (nSPS) is 30.8. The summed E-state index contributed by atoms with van der Waals surface area (Å²) in [7, 11) is 1.29. The third-order valence-corrected chi connectivity index (χ3v) is 8.54. The number of phenolic OH excluding ortho intramolecular Hbond substituents is 1. The second-order valence-corrected chi connectivity index (χ2v) is 10.7. The molecule has 0 saturated carbocycles. The van der Waals surface area contributed by atoms with Crippen LogP contribution in [0.5, 0.6) is 11.5 Å². The van der Waals surface area contributed by atoms with Crippen LogP contribution < -0.4 is 16.2 Å². The number of aromatic hydroxyl groups is 1. The Labute approximate surface area is 225 Å². The van der Waals surface area contributed by atoms with E-state index in [-0.39, 0.29) is 47.4 Å². The van der Waals surface area contributed by atoms with E-state index in [2.05, 4.69) is 0 Å². The van der Waals surface area contributed by atoms with Gasteiger partial charge < -0.3 is 36.6 Å². The number of halogens is 3. The van der Waals surface area contributed by atoms with E-state index >= 15 is 0 Å². The van der Waals surface area contributed by atoms with E-state index in [9.17, 15) is 48.0 Å². The molecule has 14 heteroatoms. The Bertz CT molecular complexity index is 1400. The molecule has 0 spiro atoms. The molecule has 0 aromatic heterocycles. The molecule has 1 aliphatic heterocycles. The van der Waals surface area contributed by atoms with Crippen LogP contribution in [-0.2, 0) is 16.0 Å². The number of nitrogens with zero attached hydrogens (tertiary/aromatic N) is 1. The average molecular weight is 568 g/mol. The molecule has 1 aromatic rings. The lowest BCUT2D eigenvalue weighted by Crippen LogP contribution is -2.63. The van der Waals surface area contributed by atoms with E-state index in [1.165, 1.54) is 18.1 Å². The van der Waals surface area contributed by atoms with Gasteiger partial charge in [-0.15, -0.1) is 0 Å². The SMILES string of the molecule is COc1c([C@@H]2CCCN2CC(F)(F)F)cc(O)c2c1C[C@H]1C[C@H]3[C@H](N)C(O)=C(C(N)=O)C(=O)[C@@]3(O)C(O)=C1C2=O. The fraction of sp³-hybridized carbons (Fsp3) is 0.500. The predicted octanol–water partition coefficient (Wildman–Crippen LogP) is 1.23. The minimum absolute atomic E-state index is 0.0718. The van der Waals surface area contributed by atoms with Crippen molar-refractivity contribution in [2.24, 2.45) is 23.3 Å². The molecule has 3 aliphatic carbocycles. The lowest BCUT2D eigenvalue weighted by Gasteiger charge is -2.47. The van der Waals surface area contributed by atoms with Gasteiger partial charge in [0.2, 0.25) is 5.78 Å². The monoisotopic (exact) mass is 567 g/mol. The third-order valence-electron chi connectivity index (χ3n) is 8.54. The second-order valence-electron chi connectivity index (χ2n) is 10.7. The standard InChI is InChI=1S/C26H28F3N3O8/c1-40-21-10(13-3-2-4-32(13)8-25(27,28)29)7-14(33)16-11(21)5-9-6-12-18(30)20(35)17(24(31)38)23(37)26(12,39)22(36)15(9)19(16)34/h7,9,12-13,18,33,35-36,39H,2-6,8,30H2,1H3,(H2,31,38)/t9-,12-,13-,18-,26-/m0/s1. The van der Waals surface area contributed by atoms with Crippen molar-refractivity contribution in [3.05, 3.63) is 45.4 Å². The van der Waals surface area contributed by atoms with Crippen molar-refractivity contribution in [1.29, 1.82) is 0 Å². The van der Waals surface area contributed by atoms with Gasteiger partial charge in [-0.1, -0.05) is 0 Å². The van der Waals surface area contributed by atoms with Gasteiger partial charge in [0, 0.05) is 28.7 Å². The van der Waals surface area contributed by atoms with Crippen molar-refractivity contribution in [2.45, 2.75) is 49.5 Å². The van der Waals surface area contributed by atoms with Crippen LogP contribution in [0.2, 0.25) is 0 Å². The molecule has 11 nitrogen and oxygen atoms in total. The van der Waals surface area contributed by atoms with Gasteiger partial charge in [-0.2, -0.15) is 13.2 Å². The Morgan fingerprint density at radius 3 is 2.52 bits per heavy atom. The first-order valence-electron chi connectivity index (χ1n) is 12.6. The number of Topliss-reactive ketones (excluding diaryl/α,β-unsaturated/α-hetero) is 2. The maximum absolute atomic E-state index is 13.7. The maximum atomic E-state index is 13.7. The van der Waals surface area contributed by atoms with Crippen molar-refractivity contribution in [2.75, 3.05) is 20.2 Å². The summed E-state index contributed by atoms with van der Waals surface area (Å²) in [5.41, 5.74) is 7.23. The van der Waals surface area contributed by atoms with Crippen LogP contribution in [-0.4, -0.2) is 80.8 Å². The number of primary amides is 1. The highest BCUT2D eigenvalue weighted by Gasteiger charge is 2.62. The van der Waals surface area contributed by atoms with Crippen LogP contribution in [0.4, 0.5) is 13.2 Å². The topological polar surface area (TPSA) is 197 Å². The molecule has 0 bridgehead atoms. The van der Waals surface area contributed by atoms with Crippen LogP contribution in [0.15, 0.2) is 28.7 Å². The maximum Gasteiger partial charge on any atom is 0.401 e. The van der Waals surface area contributed by atoms with E-state index in [1.54, 1.807) is 0 Å². The van der Waals surface area contributed by atoms with E-state index < -0.39 is 82.6 Å². The zero-order valence-electron chi connectivity index (χ0n) is 21.3. The number of methoxy groups -OCH3 is 1. The van der Waals surface area contributed by atoms with Crippen LogP contribution in [0.1, 0.15) is 46.8 Å². The summed E-state index contributed by atoms with van der Waals surface area (Å²) in [6, 6.07) is -1.08. The van der Waals surface area contributed by atoms with Crippen LogP contribution in [0, 0.1) is 11.8 Å². The van der Waals surface area contributed by atoms with Crippen molar-refractivity contribution < 1.29 is 52.7 Å². The first-order valence-corrected chi connectivity index (χ1v) is 12.6. The van der Waals surface area contributed by atoms with Gasteiger partial charge in [-0.25, -0.2) is 0 Å². The van der Waals surface area contributed by atoms with Crippen molar-refractivity contribution in [3.63, 3.8) is 0 Å². The number of phenols is 1. The molecule has 1 heterocycles. The Morgan fingerprint density at radius 2 is 1.93 bits per heavy atom. The average Bonchev–Trinajstić information content (AvgIpc) is 3.30. The third kappa shape index (κ3) is 3.88. The van der Waals surface area contributed by atoms with E-state index in [1.807, 2.05) is 0 Å². The van der Waals surface area contributed by atoms with Gasteiger partial charge in [0.25, 0.3) is 5.91 Å². The number of ketones is 2. The Hall–Kier alpha value is -3.62. The minimum Gasteiger partial charge on any atom is -0.510 e. The molecule has 8 N–H and O–H groups in total. The lowest BCUT2D eigenvalue weighted by molar-refractivity contribution is -0.148. The van der Waals surface area contributed by atoms with Crippen molar-refractivity contribution in [3.8, 4) is 11.5 Å². The van der Waals surface area contributed by atoms with Gasteiger partial charge in [0.1, 0.15) is 28.6 Å². The molecule has 1 aromatic carbocycles. The molecule has 5 rings (SSSR count). The fourth-order valence-corrected chi connectivity index (χ4v) is 6.88. The number of alkyl halides is 3. The van der Waals surface area contributed by atoms with Crippen LogP contribution >= 0.6 is 0 Å². The number of benzene rings is 1. The number of ether oxygens (including phenoxy) is 1. The fourth-order valence-electron chi connectivity index (χ4n) is 6.88. The molecule has 40 heavy (non-hydrogen) atoms. The number of aliphatic hydroxyl groups is 3. The number of likely N-dealkylation sites (tertiary alicyclic amines) is 1. The largest absolute Gasteiger partial charge is 0.510 e. The number of amides is 1. The molecule has 1 amide bonds. The highest BCUT2D eigenvalue weighted by Crippen LogP contribution is 2.53. The van der Waals surface area contributed by atoms with Crippen LogP contribution in [0.25, 0.3) is 0 Å². The summed E-state index contributed by atoms with van der Waals surface area (Å²) in [5.74, 6) is -8.33. The van der Waals surface area contributed by atoms with Gasteiger partial charge in [-0.05, 0) is 44.2 Å². The van der Waals surface area contributed by atoms with E-state index in [0.717, 1.165) is 0 Å². The summed E-state index contributed by atoms with van der Waals surface area (Å²) >= 11 is 0. The summed E-state index contributed by atoms with van der Waals surface area (Å²) in [6.07, 6.45) is -3.91. The number of hydrogen-bond acceptors (Lipinski definition) is 10. The van der Waals surface area contributed by atoms with E-state index in [0.29, 0.717) is 12.8 Å². The Kier molecular flexibility index (Phi) is 6.43. The number of nitrogens with two attached hydrogens (primary N) is 2. The van der Waals surface area contributed by atoms with Crippen molar-refractivity contribution in [1.82, 2.24) is 4.90 Å². The molecule has 4 aliphatic rings. The quantitative estimate of drug-likeness (QED) is 0.288. The number of carbonyl (C=O) groups excluding carboxylic acids is 3. The summed E-state index contributed by atoms with van der Waals surface area (Å²) in [6.45, 7) is -0.999. The summed E-state index contributed by atoms with van der Waals surface area (Å²) in [5, 5.41) is 43.9. The highest BCUT2D eigenvalue weighted by molar-refractivity contribution is 6.24. The molecule has 1 saturated heterocycles. The number of aliphatic hydroxyl groups excluding tert-OH is 2. The zero-order valence-corrected chi connectivity index (χ0v) is 21.3. The first kappa shape index (κ1) is 27.9. The molecule has 0 radical (unpaired) electrons. The summed E-state index contributed by atoms with van der Waals surface area (Å²) < 4.78 is 45.3. The van der Waals surface area contributed by atoms with Crippen LogP contribution in [0.3, 0.4) is 0 Å². The Morgan fingerprint density at radius 1 is 1.25 bits per heavy atom. The number of rotatable bonds is 4. The minimum atomic E-state index is -4.46. The number of allylic oxidation sites excluding steroid dienone is 1. The predicted molar refractivity (Wildman–Crippen MR) is 130 cm³/mol. The van der Waals surface area contributed by atoms with Gasteiger partial charge in [-0.3, -0.25) is 19.3 Å². The molecular weight excluding hydrogens is 539 g/mol. The molecule has 0 unspecified atom stereocenters. The first-order chi connectivity index (χ1) is 18.6. The molecule has 216 valence electrons. The number of fused-ring (bicyclic) bond motifs is 3.